The maximum absolute atomic E-state index is 13.7. The molecule has 0 saturated heterocycles. The van der Waals surface area contributed by atoms with Crippen LogP contribution in [0.15, 0.2) is 83.1 Å². The molecule has 0 spiro atoms. The number of thiazole rings is 1. The van der Waals surface area contributed by atoms with E-state index in [9.17, 15) is 8.42 Å². The van der Waals surface area contributed by atoms with Crippen molar-refractivity contribution in [2.24, 2.45) is 0 Å². The van der Waals surface area contributed by atoms with Gasteiger partial charge in [-0.05, 0) is 60.4 Å². The molecule has 0 atom stereocenters. The third kappa shape index (κ3) is 6.72. The second kappa shape index (κ2) is 13.0. The van der Waals surface area contributed by atoms with Crippen LogP contribution in [0.4, 0.5) is 0 Å². The number of nitrogens with one attached hydrogen (secondary N) is 1. The summed E-state index contributed by atoms with van der Waals surface area (Å²) in [7, 11) is -0.430. The summed E-state index contributed by atoms with van der Waals surface area (Å²) in [5, 5.41) is 6.34. The molecule has 40 heavy (non-hydrogen) atoms. The summed E-state index contributed by atoms with van der Waals surface area (Å²) in [6.07, 6.45) is 3.84. The van der Waals surface area contributed by atoms with E-state index in [0.29, 0.717) is 5.75 Å². The van der Waals surface area contributed by atoms with Crippen LogP contribution in [0.3, 0.4) is 0 Å². The fourth-order valence-electron chi connectivity index (χ4n) is 5.02. The largest absolute Gasteiger partial charge is 0.497 e. The lowest BCUT2D eigenvalue weighted by molar-refractivity contribution is 0.313. The van der Waals surface area contributed by atoms with Gasteiger partial charge in [0.05, 0.1) is 31.4 Å². The van der Waals surface area contributed by atoms with E-state index >= 15 is 0 Å². The van der Waals surface area contributed by atoms with Crippen molar-refractivity contribution in [1.82, 2.24) is 14.6 Å². The molecule has 1 heterocycles. The molecule has 210 valence electrons. The van der Waals surface area contributed by atoms with Gasteiger partial charge in [0.15, 0.2) is 0 Å². The van der Waals surface area contributed by atoms with Gasteiger partial charge in [-0.25, -0.2) is 13.4 Å². The van der Waals surface area contributed by atoms with E-state index in [1.54, 1.807) is 54.1 Å². The number of benzene rings is 3. The highest BCUT2D eigenvalue weighted by Crippen LogP contribution is 2.32. The van der Waals surface area contributed by atoms with Crippen LogP contribution in [0.25, 0.3) is 10.6 Å². The monoisotopic (exact) mass is 577 g/mol. The molecule has 1 aromatic heterocycles. The van der Waals surface area contributed by atoms with Crippen LogP contribution in [0.5, 0.6) is 11.5 Å². The number of hydrogen-bond donors (Lipinski definition) is 1. The van der Waals surface area contributed by atoms with Crippen molar-refractivity contribution in [3.05, 3.63) is 95.0 Å². The second-order valence-corrected chi connectivity index (χ2v) is 12.7. The Bertz CT molecular complexity index is 1480. The van der Waals surface area contributed by atoms with Gasteiger partial charge >= 0.3 is 0 Å². The minimum absolute atomic E-state index is 0.0121. The summed E-state index contributed by atoms with van der Waals surface area (Å²) >= 11 is 1.55. The zero-order valence-electron chi connectivity index (χ0n) is 22.9. The summed E-state index contributed by atoms with van der Waals surface area (Å²) in [5.74, 6) is 1.49. The molecule has 1 fully saturated rings. The summed E-state index contributed by atoms with van der Waals surface area (Å²) in [6, 6.07) is 23.0. The van der Waals surface area contributed by atoms with Gasteiger partial charge in [0.1, 0.15) is 16.5 Å². The molecule has 9 heteroatoms. The Morgan fingerprint density at radius 3 is 1.98 bits per heavy atom. The van der Waals surface area contributed by atoms with Crippen molar-refractivity contribution < 1.29 is 17.9 Å². The number of rotatable bonds is 12. The Kier molecular flexibility index (Phi) is 9.16. The fourth-order valence-corrected chi connectivity index (χ4v) is 7.49. The maximum atomic E-state index is 13.7. The number of aromatic nitrogens is 1. The van der Waals surface area contributed by atoms with Crippen LogP contribution in [0, 0.1) is 0 Å². The second-order valence-electron chi connectivity index (χ2n) is 9.96. The van der Waals surface area contributed by atoms with Crippen molar-refractivity contribution in [3.63, 3.8) is 0 Å². The first-order valence-electron chi connectivity index (χ1n) is 13.5. The van der Waals surface area contributed by atoms with Crippen LogP contribution in [0.2, 0.25) is 0 Å². The van der Waals surface area contributed by atoms with Crippen LogP contribution in [-0.4, -0.2) is 38.0 Å². The van der Waals surface area contributed by atoms with Crippen molar-refractivity contribution >= 4 is 21.4 Å². The van der Waals surface area contributed by atoms with Crippen LogP contribution < -0.4 is 14.8 Å². The van der Waals surface area contributed by atoms with Gasteiger partial charge in [0.25, 0.3) is 0 Å². The van der Waals surface area contributed by atoms with Gasteiger partial charge in [-0.3, -0.25) is 0 Å². The first-order chi connectivity index (χ1) is 19.5. The lowest BCUT2D eigenvalue weighted by Gasteiger charge is -2.27. The van der Waals surface area contributed by atoms with E-state index in [1.165, 1.54) is 11.1 Å². The SMILES string of the molecule is COc1ccc(CNCc2ccc(-c3nc(CN(C4CCCC4)S(=O)(=O)c4ccc(OC)cc4)cs3)cc2)cc1. The molecule has 0 radical (unpaired) electrons. The molecule has 0 unspecified atom stereocenters. The highest BCUT2D eigenvalue weighted by Gasteiger charge is 2.34. The summed E-state index contributed by atoms with van der Waals surface area (Å²) < 4.78 is 39.5. The third-order valence-corrected chi connectivity index (χ3v) is 10.1. The average Bonchev–Trinajstić information content (AvgIpc) is 3.69. The summed E-state index contributed by atoms with van der Waals surface area (Å²) in [6.45, 7) is 1.80. The highest BCUT2D eigenvalue weighted by atomic mass is 32.2. The van der Waals surface area contributed by atoms with Crippen molar-refractivity contribution in [2.75, 3.05) is 14.2 Å². The maximum Gasteiger partial charge on any atom is 0.243 e. The van der Waals surface area contributed by atoms with Crippen molar-refractivity contribution in [1.29, 1.82) is 0 Å². The van der Waals surface area contributed by atoms with Gasteiger partial charge in [-0.1, -0.05) is 49.2 Å². The van der Waals surface area contributed by atoms with E-state index in [-0.39, 0.29) is 17.5 Å². The van der Waals surface area contributed by atoms with Gasteiger partial charge in [0, 0.05) is 30.1 Å². The van der Waals surface area contributed by atoms with E-state index in [1.807, 2.05) is 17.5 Å². The molecule has 0 bridgehead atoms. The number of nitrogens with zero attached hydrogens (tertiary/aromatic N) is 2. The molecule has 1 aliphatic carbocycles. The Morgan fingerprint density at radius 2 is 1.40 bits per heavy atom. The quantitative estimate of drug-likeness (QED) is 0.214. The zero-order valence-corrected chi connectivity index (χ0v) is 24.5. The standard InChI is InChI=1S/C31H35N3O4S2/c1-37-28-13-9-24(10-14-28)20-32-19-23-7-11-25(12-8-23)31-33-26(22-39-31)21-34(27-5-3-4-6-27)40(35,36)30-17-15-29(38-2)16-18-30/h7-18,22,27,32H,3-6,19-21H2,1-2H3. The van der Waals surface area contributed by atoms with Crippen LogP contribution in [-0.2, 0) is 29.7 Å². The Balaban J connectivity index is 1.24. The highest BCUT2D eigenvalue weighted by molar-refractivity contribution is 7.89. The van der Waals surface area contributed by atoms with Crippen LogP contribution >= 0.6 is 11.3 Å². The third-order valence-electron chi connectivity index (χ3n) is 7.29. The molecule has 0 amide bonds. The van der Waals surface area contributed by atoms with Crippen molar-refractivity contribution in [3.8, 4) is 22.1 Å². The molecule has 3 aromatic carbocycles. The van der Waals surface area contributed by atoms with Crippen LogP contribution in [0.1, 0.15) is 42.5 Å². The predicted molar refractivity (Wildman–Crippen MR) is 159 cm³/mol. The summed E-state index contributed by atoms with van der Waals surface area (Å²) in [5.41, 5.74) is 4.19. The molecule has 1 saturated carbocycles. The van der Waals surface area contributed by atoms with E-state index in [4.69, 9.17) is 14.5 Å². The molecule has 4 aromatic rings. The van der Waals surface area contributed by atoms with Gasteiger partial charge < -0.3 is 14.8 Å². The number of ether oxygens (including phenoxy) is 2. The first kappa shape index (κ1) is 28.3. The lowest BCUT2D eigenvalue weighted by atomic mass is 10.1. The van der Waals surface area contributed by atoms with Gasteiger partial charge in [-0.2, -0.15) is 4.31 Å². The molecule has 1 N–H and O–H groups in total. The molecule has 1 aliphatic rings. The van der Waals surface area contributed by atoms with Gasteiger partial charge in [0.2, 0.25) is 10.0 Å². The molecular formula is C31H35N3O4S2. The predicted octanol–water partition coefficient (Wildman–Crippen LogP) is 6.25. The summed E-state index contributed by atoms with van der Waals surface area (Å²) in [4.78, 5) is 5.12. The lowest BCUT2D eigenvalue weighted by Crippen LogP contribution is -2.38. The Morgan fingerprint density at radius 1 is 0.850 bits per heavy atom. The molecular weight excluding hydrogens is 542 g/mol. The molecule has 7 nitrogen and oxygen atoms in total. The number of hydrogen-bond acceptors (Lipinski definition) is 7. The normalized spacial score (nSPS) is 14.1. The topological polar surface area (TPSA) is 80.8 Å². The number of sulfonamides is 1. The minimum Gasteiger partial charge on any atom is -0.497 e. The minimum atomic E-state index is -3.67. The smallest absolute Gasteiger partial charge is 0.243 e. The number of methoxy groups -OCH3 is 2. The zero-order chi connectivity index (χ0) is 28.0. The Labute approximate surface area is 240 Å². The fraction of sp³-hybridized carbons (Fsp3) is 0.323. The van der Waals surface area contributed by atoms with E-state index in [2.05, 4.69) is 41.7 Å². The van der Waals surface area contributed by atoms with E-state index < -0.39 is 10.0 Å². The molecule has 0 aliphatic heterocycles. The molecule has 5 rings (SSSR count). The average molecular weight is 578 g/mol. The van der Waals surface area contributed by atoms with Crippen molar-refractivity contribution in [2.45, 2.75) is 56.3 Å². The van der Waals surface area contributed by atoms with E-state index in [0.717, 1.165) is 60.8 Å². The van der Waals surface area contributed by atoms with Gasteiger partial charge in [-0.15, -0.1) is 11.3 Å². The Hall–Kier alpha value is -3.24. The first-order valence-corrected chi connectivity index (χ1v) is 15.8.